The van der Waals surface area contributed by atoms with E-state index in [4.69, 9.17) is 85.3 Å². The van der Waals surface area contributed by atoms with Crippen LogP contribution in [0.5, 0.6) is 0 Å². The van der Waals surface area contributed by atoms with Crippen LogP contribution < -0.4 is 0 Å². The number of likely N-dealkylation sites (N-methyl/N-ethyl adjacent to an activating group) is 3. The summed E-state index contributed by atoms with van der Waals surface area (Å²) in [6.45, 7) is 44.2. The quantitative estimate of drug-likeness (QED) is 0.0592. The van der Waals surface area contributed by atoms with Gasteiger partial charge in [0, 0.05) is 70.6 Å². The average Bonchev–Trinajstić information content (AvgIpc) is 1.61. The minimum atomic E-state index is -0.197. The molecule has 5 aliphatic rings. The number of imide groups is 1. The van der Waals surface area contributed by atoms with Crippen LogP contribution in [-0.4, -0.2) is 83.9 Å². The number of carbonyl (C=O) groups is 6. The average molecular weight is 1570 g/mol. The van der Waals surface area contributed by atoms with Gasteiger partial charge in [0.1, 0.15) is 37.4 Å². The Balaban J connectivity index is -0.000000568. The lowest BCUT2D eigenvalue weighted by Gasteiger charge is -2.06. The van der Waals surface area contributed by atoms with Crippen molar-refractivity contribution in [3.05, 3.63) is 249 Å². The maximum atomic E-state index is 12.3. The Morgan fingerprint density at radius 2 is 0.798 bits per heavy atom. The Bertz CT molecular complexity index is 4480. The number of allylic oxidation sites excluding steroid dienone is 17. The molecule has 3 amide bonds. The molecule has 4 aromatic carbocycles. The summed E-state index contributed by atoms with van der Waals surface area (Å²) in [5.41, 5.74) is 9.75. The van der Waals surface area contributed by atoms with E-state index < -0.39 is 0 Å². The highest BCUT2D eigenvalue weighted by atomic mass is 32.2. The third kappa shape index (κ3) is 32.6. The van der Waals surface area contributed by atoms with Gasteiger partial charge in [0.15, 0.2) is 17.3 Å². The fourth-order valence-electron chi connectivity index (χ4n) is 7.94. The number of hydrogen-bond donors (Lipinski definition) is 0. The Morgan fingerprint density at radius 3 is 1.06 bits per heavy atom. The van der Waals surface area contributed by atoms with E-state index >= 15 is 0 Å². The Morgan fingerprint density at radius 1 is 0.422 bits per heavy atom. The first kappa shape index (κ1) is 104. The summed E-state index contributed by atoms with van der Waals surface area (Å²) < 4.78 is 1.48. The van der Waals surface area contributed by atoms with Gasteiger partial charge >= 0.3 is 0 Å². The first-order chi connectivity index (χ1) is 52.0. The van der Waals surface area contributed by atoms with Crippen molar-refractivity contribution in [3.63, 3.8) is 0 Å². The van der Waals surface area contributed by atoms with Crippen LogP contribution in [0.4, 0.5) is 4.79 Å². The summed E-state index contributed by atoms with van der Waals surface area (Å²) in [6, 6.07) is 48.1. The van der Waals surface area contributed by atoms with Crippen molar-refractivity contribution in [1.29, 1.82) is 42.1 Å². The summed E-state index contributed by atoms with van der Waals surface area (Å²) in [5, 5.41) is 67.7. The molecule has 9 rings (SSSR count). The molecule has 564 valence electrons. The fraction of sp³-hybridized carbons (Fsp3) is 0.271. The fourth-order valence-corrected chi connectivity index (χ4v) is 11.4. The predicted octanol–water partition coefficient (Wildman–Crippen LogP) is 22.1. The molecule has 3 saturated heterocycles. The Hall–Kier alpha value is -11.6. The number of carbonyl (C=O) groups excluding carboxylic acids is 6. The van der Waals surface area contributed by atoms with Crippen molar-refractivity contribution >= 4 is 137 Å². The summed E-state index contributed by atoms with van der Waals surface area (Å²) in [4.78, 5) is 79.1. The number of benzene rings is 4. The molecule has 24 heteroatoms. The predicted molar refractivity (Wildman–Crippen MR) is 458 cm³/mol. The van der Waals surface area contributed by atoms with E-state index in [9.17, 15) is 28.8 Å². The highest BCUT2D eigenvalue weighted by Crippen LogP contribution is 2.41. The van der Waals surface area contributed by atoms with Gasteiger partial charge in [-0.2, -0.15) is 36.8 Å². The van der Waals surface area contributed by atoms with Crippen LogP contribution in [0, 0.1) is 97.2 Å². The van der Waals surface area contributed by atoms with Gasteiger partial charge in [-0.3, -0.25) is 38.6 Å². The Labute approximate surface area is 674 Å². The summed E-state index contributed by atoms with van der Waals surface area (Å²) in [6.07, 6.45) is 8.81. The number of amides is 3. The molecule has 0 atom stereocenters. The van der Waals surface area contributed by atoms with Gasteiger partial charge in [-0.05, 0) is 117 Å². The topological polar surface area (TPSA) is 307 Å². The van der Waals surface area contributed by atoms with E-state index in [1.165, 1.54) is 23.7 Å². The van der Waals surface area contributed by atoms with Gasteiger partial charge in [-0.25, -0.2) is 10.1 Å². The van der Waals surface area contributed by atoms with Crippen molar-refractivity contribution in [2.45, 2.75) is 138 Å². The molecule has 3 aliphatic heterocycles. The second-order valence-corrected chi connectivity index (χ2v) is 25.3. The molecule has 109 heavy (non-hydrogen) atoms. The van der Waals surface area contributed by atoms with Crippen molar-refractivity contribution in [1.82, 2.24) is 14.7 Å². The molecule has 0 unspecified atom stereocenters. The summed E-state index contributed by atoms with van der Waals surface area (Å²) in [5.74, 6) is -0.585. The second-order valence-electron chi connectivity index (χ2n) is 20.6. The third-order valence-corrected chi connectivity index (χ3v) is 18.6. The zero-order valence-corrected chi connectivity index (χ0v) is 70.9. The van der Waals surface area contributed by atoms with Crippen LogP contribution in [0.25, 0.3) is 21.6 Å². The lowest BCUT2D eigenvalue weighted by atomic mass is 10.00. The van der Waals surface area contributed by atoms with Gasteiger partial charge in [-0.15, -0.1) is 0 Å². The van der Waals surface area contributed by atoms with E-state index in [1.807, 2.05) is 205 Å². The van der Waals surface area contributed by atoms with Gasteiger partial charge in [0.05, 0.1) is 63.4 Å². The number of thiocarbonyl (C=S) groups is 3. The molecule has 3 heterocycles. The number of thioether (sulfide) groups is 3. The smallest absolute Gasteiger partial charge is 0.293 e. The molecular weight excluding hydrogens is 1480 g/mol. The normalized spacial score (nSPS) is 14.6. The van der Waals surface area contributed by atoms with Crippen molar-refractivity contribution in [2.24, 2.45) is 0 Å². The van der Waals surface area contributed by atoms with E-state index in [1.54, 1.807) is 146 Å². The molecule has 0 aromatic heterocycles. The molecule has 2 aliphatic carbocycles. The van der Waals surface area contributed by atoms with Gasteiger partial charge in [-0.1, -0.05) is 261 Å². The van der Waals surface area contributed by atoms with Crippen LogP contribution >= 0.6 is 71.9 Å². The van der Waals surface area contributed by atoms with Crippen LogP contribution in [0.2, 0.25) is 0 Å². The number of fused-ring (bicyclic) bond motifs is 2. The van der Waals surface area contributed by atoms with Gasteiger partial charge in [0.25, 0.3) is 22.8 Å². The lowest BCUT2D eigenvalue weighted by molar-refractivity contribution is -0.122. The molecule has 0 N–H and O–H groups in total. The first-order valence-corrected chi connectivity index (χ1v) is 37.5. The molecule has 0 spiro atoms. The van der Waals surface area contributed by atoms with E-state index in [-0.39, 0.29) is 45.7 Å². The number of nitriles is 8. The summed E-state index contributed by atoms with van der Waals surface area (Å²) in [7, 11) is 5.07. The molecule has 0 radical (unpaired) electrons. The largest absolute Gasteiger partial charge is 0.320 e. The number of ketones is 3. The number of Topliss-reactive ketones (excluding diaryl/α,β-unsaturated/α-hetero) is 3. The zero-order valence-electron chi connectivity index (χ0n) is 66.0. The lowest BCUT2D eigenvalue weighted by Crippen LogP contribution is -2.22. The highest BCUT2D eigenvalue weighted by Gasteiger charge is 2.34. The number of hydrogen-bond acceptors (Lipinski definition) is 20. The minimum absolute atomic E-state index is 0.0116. The standard InChI is InChI=1S/C15H10N2O.C11H8N2.C11H8O2.C10H9N.2C6H6N2.C6H7NO2S.C6H7NOS2.C6H7NS3.4C2H6/c1-9(2)13-14(12(8-16)17-3)10-6-4-5-7-11(10)15(13)18;1-9(7-12)11(8-13)10-5-3-2-4-6-10;1-2-7-10(12)8-5-3-4-6-9(8)11(7)13;1-2-9(8-11)10-6-4-3-5-7-10;1-5(3-7)6(2)4-8;1-5(2)6(3-7)4-8;3*1-3-4-5(8)7(2)6(9)10-4;4*1-2/h4-7H,1-2H3;2*2-6H,1H3;2-7H,1H3;2*1-2H3;3*3H,1-2H3;4*1-2H3/b14-12-;11-9-;;9-2+;6-5+;;3*4-3-;;;;. The van der Waals surface area contributed by atoms with E-state index in [0.717, 1.165) is 63.6 Å². The zero-order chi connectivity index (χ0) is 84.8. The van der Waals surface area contributed by atoms with E-state index in [2.05, 4.69) is 10.9 Å². The molecule has 3 fully saturated rings. The third-order valence-electron chi connectivity index (χ3n) is 13.6. The molecular formula is C85H92N12O6S6. The van der Waals surface area contributed by atoms with E-state index in [0.29, 0.717) is 70.5 Å². The van der Waals surface area contributed by atoms with Crippen molar-refractivity contribution < 1.29 is 28.8 Å². The van der Waals surface area contributed by atoms with Gasteiger partial charge in [0.2, 0.25) is 0 Å². The number of nitrogens with zero attached hydrogens (tertiary/aromatic N) is 12. The van der Waals surface area contributed by atoms with Gasteiger partial charge < -0.3 is 4.90 Å². The van der Waals surface area contributed by atoms with Crippen LogP contribution in [0.3, 0.4) is 0 Å². The Kier molecular flexibility index (Phi) is 55.8. The maximum absolute atomic E-state index is 12.3. The van der Waals surface area contributed by atoms with Crippen LogP contribution in [0.1, 0.15) is 186 Å². The SMILES string of the molecule is C/C(C#N)=C(/C)C#N.C/C(C#N)=C(\C#N)c1ccccc1.C/C=C(\C#N)c1ccccc1.C/C=C1\SC(=O)N(C)C1=O.C/C=C1\SC(=S)N(C)C1=O.C/C=C1\SC(=S)N(C)C1=S.CC.CC.CC.CC.CC(C)=C(C#N)C#N.CC=C1C(=O)c2ccccc2C1=O.[C-]#[N+]/C(C#N)=C1\C(=C(C)C)C(=O)c2ccccc21. The molecule has 4 aromatic rings. The molecule has 0 bridgehead atoms. The maximum Gasteiger partial charge on any atom is 0.293 e. The second kappa shape index (κ2) is 58.6. The molecule has 0 saturated carbocycles. The monoisotopic (exact) mass is 1570 g/mol. The number of rotatable bonds is 2. The summed E-state index contributed by atoms with van der Waals surface area (Å²) >= 11 is 18.9. The van der Waals surface area contributed by atoms with Crippen LogP contribution in [-0.2, 0) is 9.59 Å². The minimum Gasteiger partial charge on any atom is -0.320 e. The van der Waals surface area contributed by atoms with Crippen LogP contribution in [0.15, 0.2) is 205 Å². The molecule has 18 nitrogen and oxygen atoms in total. The van der Waals surface area contributed by atoms with Crippen molar-refractivity contribution in [2.75, 3.05) is 21.1 Å². The highest BCUT2D eigenvalue weighted by molar-refractivity contribution is 8.27. The van der Waals surface area contributed by atoms with Crippen molar-refractivity contribution in [3.8, 4) is 48.6 Å². The first-order valence-electron chi connectivity index (χ1n) is 33.8.